The molecule has 1 nitrogen and oxygen atoms in total. The van der Waals surface area contributed by atoms with E-state index in [0.29, 0.717) is 5.56 Å². The van der Waals surface area contributed by atoms with Crippen LogP contribution in [0.15, 0.2) is 60.8 Å². The van der Waals surface area contributed by atoms with Crippen molar-refractivity contribution < 1.29 is 4.39 Å². The smallest absolute Gasteiger partial charge is 0.131 e. The third-order valence-corrected chi connectivity index (χ3v) is 4.71. The summed E-state index contributed by atoms with van der Waals surface area (Å²) in [4.78, 5) is 4.58. The number of pyridine rings is 1. The van der Waals surface area contributed by atoms with Gasteiger partial charge in [0.15, 0.2) is 0 Å². The molecule has 1 heterocycles. The third-order valence-electron chi connectivity index (χ3n) is 4.71. The van der Waals surface area contributed by atoms with Crippen molar-refractivity contribution in [3.63, 3.8) is 0 Å². The Morgan fingerprint density at radius 2 is 1.50 bits per heavy atom. The molecule has 134 valence electrons. The second kappa shape index (κ2) is 8.75. The average molecular weight is 347 g/mol. The first kappa shape index (κ1) is 18.3. The second-order valence-corrected chi connectivity index (χ2v) is 6.80. The summed E-state index contributed by atoms with van der Waals surface area (Å²) in [6.07, 6.45) is 7.37. The van der Waals surface area contributed by atoms with Crippen LogP contribution in [-0.4, -0.2) is 4.98 Å². The fourth-order valence-electron chi connectivity index (χ4n) is 3.18. The highest BCUT2D eigenvalue weighted by atomic mass is 19.1. The van der Waals surface area contributed by atoms with E-state index in [2.05, 4.69) is 31.0 Å². The second-order valence-electron chi connectivity index (χ2n) is 6.80. The van der Waals surface area contributed by atoms with Crippen molar-refractivity contribution in [3.05, 3.63) is 77.7 Å². The lowest BCUT2D eigenvalue weighted by molar-refractivity contribution is 0.628. The Balaban J connectivity index is 1.78. The minimum atomic E-state index is -0.151. The molecule has 0 saturated heterocycles. The number of hydrogen-bond donors (Lipinski definition) is 0. The normalized spacial score (nSPS) is 10.9. The summed E-state index contributed by atoms with van der Waals surface area (Å²) in [5.74, 6) is -0.151. The molecule has 0 bridgehead atoms. The maximum Gasteiger partial charge on any atom is 0.131 e. The number of benzene rings is 2. The molecule has 0 fully saturated rings. The number of unbranched alkanes of at least 4 members (excludes halogenated alkanes) is 1. The van der Waals surface area contributed by atoms with Gasteiger partial charge in [0.1, 0.15) is 5.82 Å². The molecular formula is C24H26FN. The number of nitrogens with zero attached hydrogens (tertiary/aromatic N) is 1. The Hall–Kier alpha value is -2.48. The van der Waals surface area contributed by atoms with Crippen molar-refractivity contribution in [3.8, 4) is 22.4 Å². The molecule has 0 aliphatic heterocycles. The topological polar surface area (TPSA) is 12.9 Å². The summed E-state index contributed by atoms with van der Waals surface area (Å²) in [6.45, 7) is 4.30. The molecule has 0 aliphatic carbocycles. The number of aryl methyl sites for hydroxylation is 2. The van der Waals surface area contributed by atoms with Crippen LogP contribution in [0.3, 0.4) is 0 Å². The highest BCUT2D eigenvalue weighted by Crippen LogP contribution is 2.27. The van der Waals surface area contributed by atoms with Gasteiger partial charge in [-0.2, -0.15) is 0 Å². The first-order valence-corrected chi connectivity index (χ1v) is 9.55. The lowest BCUT2D eigenvalue weighted by Crippen LogP contribution is -1.91. The minimum Gasteiger partial charge on any atom is -0.256 e. The molecule has 0 spiro atoms. The summed E-state index contributed by atoms with van der Waals surface area (Å²) in [7, 11) is 0. The Labute approximate surface area is 155 Å². The fourth-order valence-corrected chi connectivity index (χ4v) is 3.18. The van der Waals surface area contributed by atoms with Gasteiger partial charge >= 0.3 is 0 Å². The van der Waals surface area contributed by atoms with Crippen LogP contribution in [-0.2, 0) is 12.8 Å². The van der Waals surface area contributed by atoms with E-state index in [0.717, 1.165) is 41.6 Å². The molecule has 2 aromatic carbocycles. The van der Waals surface area contributed by atoms with Gasteiger partial charge in [-0.25, -0.2) is 4.39 Å². The molecule has 26 heavy (non-hydrogen) atoms. The molecular weight excluding hydrogens is 321 g/mol. The molecule has 3 aromatic rings. The fraction of sp³-hybridized carbons (Fsp3) is 0.292. The van der Waals surface area contributed by atoms with E-state index in [4.69, 9.17) is 0 Å². The Morgan fingerprint density at radius 3 is 2.12 bits per heavy atom. The van der Waals surface area contributed by atoms with E-state index in [-0.39, 0.29) is 5.82 Å². The molecule has 0 N–H and O–H groups in total. The highest BCUT2D eigenvalue weighted by Gasteiger charge is 2.07. The zero-order valence-electron chi connectivity index (χ0n) is 15.6. The number of aromatic nitrogens is 1. The van der Waals surface area contributed by atoms with Crippen LogP contribution in [0.5, 0.6) is 0 Å². The van der Waals surface area contributed by atoms with Crippen molar-refractivity contribution in [2.24, 2.45) is 0 Å². The SMILES string of the molecule is CCCCc1ccc(-c2ccc(-c3ccc(CCC)cc3F)cc2)nc1. The van der Waals surface area contributed by atoms with Crippen LogP contribution in [0.2, 0.25) is 0 Å². The lowest BCUT2D eigenvalue weighted by atomic mass is 9.99. The van der Waals surface area contributed by atoms with Crippen LogP contribution in [0.1, 0.15) is 44.2 Å². The van der Waals surface area contributed by atoms with Crippen LogP contribution in [0.4, 0.5) is 4.39 Å². The van der Waals surface area contributed by atoms with Gasteiger partial charge in [0.05, 0.1) is 5.69 Å². The van der Waals surface area contributed by atoms with Gasteiger partial charge in [0.25, 0.3) is 0 Å². The average Bonchev–Trinajstić information content (AvgIpc) is 2.67. The van der Waals surface area contributed by atoms with Crippen LogP contribution in [0, 0.1) is 5.82 Å². The van der Waals surface area contributed by atoms with E-state index in [1.165, 1.54) is 18.4 Å². The lowest BCUT2D eigenvalue weighted by Gasteiger charge is -2.08. The molecule has 1 aromatic heterocycles. The van der Waals surface area contributed by atoms with Gasteiger partial charge < -0.3 is 0 Å². The molecule has 0 aliphatic rings. The van der Waals surface area contributed by atoms with Crippen molar-refractivity contribution >= 4 is 0 Å². The predicted molar refractivity (Wildman–Crippen MR) is 108 cm³/mol. The van der Waals surface area contributed by atoms with E-state index in [1.54, 1.807) is 6.07 Å². The highest BCUT2D eigenvalue weighted by molar-refractivity contribution is 5.69. The van der Waals surface area contributed by atoms with Crippen molar-refractivity contribution in [2.75, 3.05) is 0 Å². The van der Waals surface area contributed by atoms with E-state index in [9.17, 15) is 4.39 Å². The summed E-state index contributed by atoms with van der Waals surface area (Å²) >= 11 is 0. The first-order chi connectivity index (χ1) is 12.7. The summed E-state index contributed by atoms with van der Waals surface area (Å²) in [5.41, 5.74) is 5.89. The molecule has 0 atom stereocenters. The van der Waals surface area contributed by atoms with Gasteiger partial charge in [0.2, 0.25) is 0 Å². The maximum absolute atomic E-state index is 14.4. The minimum absolute atomic E-state index is 0.151. The monoisotopic (exact) mass is 347 g/mol. The Bertz CT molecular complexity index is 835. The van der Waals surface area contributed by atoms with E-state index in [1.807, 2.05) is 42.6 Å². The molecule has 0 saturated carbocycles. The molecule has 3 rings (SSSR count). The quantitative estimate of drug-likeness (QED) is 0.455. The van der Waals surface area contributed by atoms with Gasteiger partial charge in [0, 0.05) is 17.3 Å². The van der Waals surface area contributed by atoms with Gasteiger partial charge in [-0.3, -0.25) is 4.98 Å². The molecule has 0 unspecified atom stereocenters. The standard InChI is InChI=1S/C24H26FN/c1-3-5-7-19-9-15-24(26-17-19)21-12-10-20(11-13-21)22-14-8-18(6-4-2)16-23(22)25/h8-17H,3-7H2,1-2H3. The van der Waals surface area contributed by atoms with E-state index >= 15 is 0 Å². The first-order valence-electron chi connectivity index (χ1n) is 9.55. The summed E-state index contributed by atoms with van der Waals surface area (Å²) in [5, 5.41) is 0. The molecule has 0 radical (unpaired) electrons. The van der Waals surface area contributed by atoms with Gasteiger partial charge in [-0.05, 0) is 48.1 Å². The Morgan fingerprint density at radius 1 is 0.769 bits per heavy atom. The van der Waals surface area contributed by atoms with Gasteiger partial charge in [-0.15, -0.1) is 0 Å². The molecule has 0 amide bonds. The molecule has 2 heteroatoms. The van der Waals surface area contributed by atoms with E-state index < -0.39 is 0 Å². The van der Waals surface area contributed by atoms with Crippen molar-refractivity contribution in [2.45, 2.75) is 46.0 Å². The maximum atomic E-state index is 14.4. The zero-order chi connectivity index (χ0) is 18.4. The van der Waals surface area contributed by atoms with Crippen molar-refractivity contribution in [1.82, 2.24) is 4.98 Å². The van der Waals surface area contributed by atoms with Crippen LogP contribution >= 0.6 is 0 Å². The summed E-state index contributed by atoms with van der Waals surface area (Å²) < 4.78 is 14.4. The number of rotatable bonds is 7. The third kappa shape index (κ3) is 4.37. The number of halogens is 1. The number of hydrogen-bond acceptors (Lipinski definition) is 1. The van der Waals surface area contributed by atoms with Gasteiger partial charge in [-0.1, -0.05) is 69.2 Å². The Kier molecular flexibility index (Phi) is 6.17. The predicted octanol–water partition coefficient (Wildman–Crippen LogP) is 6.85. The van der Waals surface area contributed by atoms with Crippen LogP contribution in [0.25, 0.3) is 22.4 Å². The summed E-state index contributed by atoms with van der Waals surface area (Å²) in [6, 6.07) is 17.8. The van der Waals surface area contributed by atoms with Crippen molar-refractivity contribution in [1.29, 1.82) is 0 Å². The zero-order valence-corrected chi connectivity index (χ0v) is 15.6. The largest absolute Gasteiger partial charge is 0.256 e. The van der Waals surface area contributed by atoms with Crippen LogP contribution < -0.4 is 0 Å².